The molecule has 0 N–H and O–H groups in total. The Bertz CT molecular complexity index is 316. The second-order valence-electron chi connectivity index (χ2n) is 5.25. The first-order chi connectivity index (χ1) is 7.93. The van der Waals surface area contributed by atoms with E-state index < -0.39 is 10.0 Å². The summed E-state index contributed by atoms with van der Waals surface area (Å²) in [5.41, 5.74) is 0. The van der Waals surface area contributed by atoms with Gasteiger partial charge in [0.15, 0.2) is 0 Å². The summed E-state index contributed by atoms with van der Waals surface area (Å²) in [6, 6.07) is 0. The molecule has 0 aliphatic carbocycles. The number of unbranched alkanes of at least 4 members (excludes halogenated alkanes) is 1. The predicted molar refractivity (Wildman–Crippen MR) is 71.5 cm³/mol. The molecule has 1 fully saturated rings. The van der Waals surface area contributed by atoms with Crippen molar-refractivity contribution in [3.05, 3.63) is 0 Å². The highest BCUT2D eigenvalue weighted by Gasteiger charge is 2.26. The Labute approximate surface area is 106 Å². The number of hydrogen-bond donors (Lipinski definition) is 0. The van der Waals surface area contributed by atoms with Crippen LogP contribution < -0.4 is 0 Å². The lowest BCUT2D eigenvalue weighted by Crippen LogP contribution is -2.42. The van der Waals surface area contributed by atoms with Crippen LogP contribution in [0.4, 0.5) is 0 Å². The van der Waals surface area contributed by atoms with Crippen LogP contribution in [-0.4, -0.2) is 57.1 Å². The molecule has 0 aromatic heterocycles. The summed E-state index contributed by atoms with van der Waals surface area (Å²) in [4.78, 5) is 2.33. The van der Waals surface area contributed by atoms with Gasteiger partial charge in [0.05, 0.1) is 6.26 Å². The second kappa shape index (κ2) is 6.71. The number of sulfonamides is 1. The first kappa shape index (κ1) is 14.9. The van der Waals surface area contributed by atoms with Gasteiger partial charge >= 0.3 is 0 Å². The molecular weight excluding hydrogens is 236 g/mol. The fraction of sp³-hybridized carbons (Fsp3) is 1.00. The highest BCUT2D eigenvalue weighted by molar-refractivity contribution is 7.88. The minimum absolute atomic E-state index is 0.500. The summed E-state index contributed by atoms with van der Waals surface area (Å²) in [6.07, 6.45) is 5.90. The normalized spacial score (nSPS) is 23.2. The van der Waals surface area contributed by atoms with Gasteiger partial charge in [-0.25, -0.2) is 12.7 Å². The maximum atomic E-state index is 11.5. The Kier molecular flexibility index (Phi) is 5.89. The Hall–Kier alpha value is -0.130. The summed E-state index contributed by atoms with van der Waals surface area (Å²) in [7, 11) is -0.863. The maximum absolute atomic E-state index is 11.5. The minimum Gasteiger partial charge on any atom is -0.306 e. The van der Waals surface area contributed by atoms with Gasteiger partial charge in [-0.1, -0.05) is 13.3 Å². The van der Waals surface area contributed by atoms with Crippen LogP contribution in [0.15, 0.2) is 0 Å². The third kappa shape index (κ3) is 5.36. The van der Waals surface area contributed by atoms with Gasteiger partial charge in [0.2, 0.25) is 10.0 Å². The zero-order valence-corrected chi connectivity index (χ0v) is 12.2. The first-order valence-corrected chi connectivity index (χ1v) is 8.42. The van der Waals surface area contributed by atoms with E-state index in [9.17, 15) is 8.42 Å². The molecule has 102 valence electrons. The topological polar surface area (TPSA) is 40.6 Å². The second-order valence-corrected chi connectivity index (χ2v) is 7.23. The zero-order chi connectivity index (χ0) is 12.9. The molecule has 1 atom stereocenters. The van der Waals surface area contributed by atoms with E-state index in [-0.39, 0.29) is 0 Å². The molecule has 4 nitrogen and oxygen atoms in total. The van der Waals surface area contributed by atoms with E-state index in [1.54, 1.807) is 4.31 Å². The van der Waals surface area contributed by atoms with Crippen molar-refractivity contribution in [3.63, 3.8) is 0 Å². The molecule has 1 aliphatic rings. The molecule has 1 rings (SSSR count). The Morgan fingerprint density at radius 2 is 2.12 bits per heavy atom. The van der Waals surface area contributed by atoms with Crippen molar-refractivity contribution < 1.29 is 8.42 Å². The maximum Gasteiger partial charge on any atom is 0.211 e. The SMILES string of the molecule is CCCCN(C)C[C@@H]1CCCN(S(C)(=O)=O)C1. The van der Waals surface area contributed by atoms with E-state index in [0.717, 1.165) is 25.9 Å². The first-order valence-electron chi connectivity index (χ1n) is 6.57. The molecule has 0 spiro atoms. The number of rotatable bonds is 6. The van der Waals surface area contributed by atoms with Gasteiger partial charge in [-0.2, -0.15) is 0 Å². The van der Waals surface area contributed by atoms with Crippen molar-refractivity contribution in [1.29, 1.82) is 0 Å². The third-order valence-corrected chi connectivity index (χ3v) is 4.68. The molecule has 0 saturated carbocycles. The predicted octanol–water partition coefficient (Wildman–Crippen LogP) is 1.39. The highest BCUT2D eigenvalue weighted by atomic mass is 32.2. The van der Waals surface area contributed by atoms with Gasteiger partial charge in [-0.3, -0.25) is 0 Å². The quantitative estimate of drug-likeness (QED) is 0.726. The van der Waals surface area contributed by atoms with E-state index >= 15 is 0 Å². The van der Waals surface area contributed by atoms with E-state index in [2.05, 4.69) is 18.9 Å². The van der Waals surface area contributed by atoms with Crippen molar-refractivity contribution in [3.8, 4) is 0 Å². The lowest BCUT2D eigenvalue weighted by Gasteiger charge is -2.33. The van der Waals surface area contributed by atoms with Crippen LogP contribution in [0.1, 0.15) is 32.6 Å². The van der Waals surface area contributed by atoms with Crippen LogP contribution in [0.3, 0.4) is 0 Å². The van der Waals surface area contributed by atoms with E-state index in [1.165, 1.54) is 19.1 Å². The third-order valence-electron chi connectivity index (χ3n) is 3.41. The lowest BCUT2D eigenvalue weighted by atomic mass is 9.99. The van der Waals surface area contributed by atoms with Crippen molar-refractivity contribution in [2.24, 2.45) is 5.92 Å². The Morgan fingerprint density at radius 1 is 1.41 bits per heavy atom. The molecule has 1 heterocycles. The minimum atomic E-state index is -3.00. The lowest BCUT2D eigenvalue weighted by molar-refractivity contribution is 0.199. The Balaban J connectivity index is 2.39. The van der Waals surface area contributed by atoms with Crippen LogP contribution in [-0.2, 0) is 10.0 Å². The summed E-state index contributed by atoms with van der Waals surface area (Å²) < 4.78 is 24.6. The summed E-state index contributed by atoms with van der Waals surface area (Å²) in [5, 5.41) is 0. The smallest absolute Gasteiger partial charge is 0.211 e. The van der Waals surface area contributed by atoms with Crippen molar-refractivity contribution in [2.45, 2.75) is 32.6 Å². The van der Waals surface area contributed by atoms with Crippen LogP contribution in [0.5, 0.6) is 0 Å². The largest absolute Gasteiger partial charge is 0.306 e. The van der Waals surface area contributed by atoms with Gasteiger partial charge < -0.3 is 4.90 Å². The van der Waals surface area contributed by atoms with E-state index in [1.807, 2.05) is 0 Å². The average molecular weight is 262 g/mol. The van der Waals surface area contributed by atoms with Crippen LogP contribution in [0.25, 0.3) is 0 Å². The van der Waals surface area contributed by atoms with Crippen LogP contribution in [0, 0.1) is 5.92 Å². The van der Waals surface area contributed by atoms with Gasteiger partial charge in [0.25, 0.3) is 0 Å². The molecule has 1 saturated heterocycles. The molecule has 0 aromatic carbocycles. The van der Waals surface area contributed by atoms with Gasteiger partial charge in [-0.05, 0) is 38.8 Å². The van der Waals surface area contributed by atoms with Gasteiger partial charge in [0.1, 0.15) is 0 Å². The van der Waals surface area contributed by atoms with Crippen molar-refractivity contribution >= 4 is 10.0 Å². The summed E-state index contributed by atoms with van der Waals surface area (Å²) in [5.74, 6) is 0.500. The zero-order valence-electron chi connectivity index (χ0n) is 11.4. The molecule has 0 unspecified atom stereocenters. The summed E-state index contributed by atoms with van der Waals surface area (Å²) in [6.45, 7) is 5.74. The monoisotopic (exact) mass is 262 g/mol. The van der Waals surface area contributed by atoms with Crippen molar-refractivity contribution in [2.75, 3.05) is 39.5 Å². The number of hydrogen-bond acceptors (Lipinski definition) is 3. The molecular formula is C12H26N2O2S. The summed E-state index contributed by atoms with van der Waals surface area (Å²) >= 11 is 0. The fourth-order valence-corrected chi connectivity index (χ4v) is 3.38. The number of piperidine rings is 1. The molecule has 0 amide bonds. The molecule has 0 aromatic rings. The average Bonchev–Trinajstić information content (AvgIpc) is 2.25. The molecule has 0 radical (unpaired) electrons. The van der Waals surface area contributed by atoms with Gasteiger partial charge in [0, 0.05) is 19.6 Å². The molecule has 5 heteroatoms. The van der Waals surface area contributed by atoms with E-state index in [0.29, 0.717) is 19.0 Å². The fourth-order valence-electron chi connectivity index (χ4n) is 2.44. The van der Waals surface area contributed by atoms with E-state index in [4.69, 9.17) is 0 Å². The van der Waals surface area contributed by atoms with Gasteiger partial charge in [-0.15, -0.1) is 0 Å². The van der Waals surface area contributed by atoms with Crippen molar-refractivity contribution in [1.82, 2.24) is 9.21 Å². The Morgan fingerprint density at radius 3 is 2.71 bits per heavy atom. The highest BCUT2D eigenvalue weighted by Crippen LogP contribution is 2.19. The molecule has 0 bridgehead atoms. The molecule has 1 aliphatic heterocycles. The standard InChI is InChI=1S/C12H26N2O2S/c1-4-5-8-13(2)10-12-7-6-9-14(11-12)17(3,15)16/h12H,4-11H2,1-3H3/t12-/m0/s1. The molecule has 17 heavy (non-hydrogen) atoms. The van der Waals surface area contributed by atoms with Crippen LogP contribution >= 0.6 is 0 Å². The number of nitrogens with zero attached hydrogens (tertiary/aromatic N) is 2. The van der Waals surface area contributed by atoms with Crippen LogP contribution in [0.2, 0.25) is 0 Å².